The average Bonchev–Trinajstić information content (AvgIpc) is 3.28. The van der Waals surface area contributed by atoms with E-state index in [4.69, 9.17) is 10.5 Å². The summed E-state index contributed by atoms with van der Waals surface area (Å²) >= 11 is 0. The van der Waals surface area contributed by atoms with Gasteiger partial charge in [0.1, 0.15) is 29.8 Å². The van der Waals surface area contributed by atoms with Crippen LogP contribution in [0.1, 0.15) is 11.8 Å². The number of nitrogens with zero attached hydrogens (tertiary/aromatic N) is 5. The molecule has 0 saturated carbocycles. The lowest BCUT2D eigenvalue weighted by molar-refractivity contribution is -0.0548. The molecule has 4 rings (SSSR count). The summed E-state index contributed by atoms with van der Waals surface area (Å²) in [5.74, 6) is -0.0512. The highest BCUT2D eigenvalue weighted by molar-refractivity contribution is 5.68. The van der Waals surface area contributed by atoms with Crippen LogP contribution >= 0.6 is 0 Å². The molecule has 1 aliphatic rings. The maximum atomic E-state index is 12.3. The van der Waals surface area contributed by atoms with E-state index in [0.717, 1.165) is 10.1 Å². The van der Waals surface area contributed by atoms with Crippen LogP contribution < -0.4 is 11.4 Å². The van der Waals surface area contributed by atoms with Crippen molar-refractivity contribution in [1.82, 2.24) is 24.5 Å². The van der Waals surface area contributed by atoms with Crippen molar-refractivity contribution in [3.05, 3.63) is 58.8 Å². The molecule has 1 fully saturated rings. The number of rotatable bonds is 5. The van der Waals surface area contributed by atoms with E-state index in [0.29, 0.717) is 17.8 Å². The van der Waals surface area contributed by atoms with Crippen LogP contribution in [0, 0.1) is 0 Å². The van der Waals surface area contributed by atoms with E-state index in [9.17, 15) is 20.1 Å². The third kappa shape index (κ3) is 3.63. The Morgan fingerprint density at radius 2 is 1.90 bits per heavy atom. The second kappa shape index (κ2) is 7.72. The van der Waals surface area contributed by atoms with Crippen molar-refractivity contribution in [2.45, 2.75) is 31.1 Å². The fourth-order valence-corrected chi connectivity index (χ4v) is 3.24. The number of hydrogen-bond donors (Lipinski definition) is 4. The summed E-state index contributed by atoms with van der Waals surface area (Å²) in [6.07, 6.45) is -1.99. The van der Waals surface area contributed by atoms with E-state index >= 15 is 0 Å². The number of aliphatic hydroxyl groups excluding tert-OH is 3. The van der Waals surface area contributed by atoms with Gasteiger partial charge in [-0.1, -0.05) is 35.5 Å². The van der Waals surface area contributed by atoms with Gasteiger partial charge in [0, 0.05) is 6.20 Å². The highest BCUT2D eigenvalue weighted by Gasteiger charge is 2.44. The highest BCUT2D eigenvalue weighted by Crippen LogP contribution is 2.30. The topological polar surface area (TPSA) is 162 Å². The van der Waals surface area contributed by atoms with Gasteiger partial charge in [-0.05, 0) is 5.56 Å². The fourth-order valence-electron chi connectivity index (χ4n) is 3.24. The summed E-state index contributed by atoms with van der Waals surface area (Å²) in [4.78, 5) is 16.1. The summed E-state index contributed by atoms with van der Waals surface area (Å²) in [7, 11) is 0. The summed E-state index contributed by atoms with van der Waals surface area (Å²) in [6.45, 7) is -0.0117. The van der Waals surface area contributed by atoms with E-state index in [1.807, 2.05) is 30.3 Å². The Hall–Kier alpha value is -3.12. The number of aromatic nitrogens is 5. The highest BCUT2D eigenvalue weighted by atomic mass is 16.6. The molecule has 11 nitrogen and oxygen atoms in total. The van der Waals surface area contributed by atoms with Gasteiger partial charge in [0.05, 0.1) is 24.9 Å². The maximum absolute atomic E-state index is 12.3. The number of aliphatic hydroxyl groups is 3. The maximum Gasteiger partial charge on any atom is 0.351 e. The van der Waals surface area contributed by atoms with Crippen molar-refractivity contribution in [2.24, 2.45) is 0 Å². The molecule has 0 aliphatic carbocycles. The van der Waals surface area contributed by atoms with Crippen molar-refractivity contribution in [3.63, 3.8) is 0 Å². The molecular formula is C18H20N6O5. The lowest BCUT2D eigenvalue weighted by Crippen LogP contribution is -2.36. The molecular weight excluding hydrogens is 380 g/mol. The largest absolute Gasteiger partial charge is 0.394 e. The van der Waals surface area contributed by atoms with Gasteiger partial charge < -0.3 is 25.8 Å². The Morgan fingerprint density at radius 1 is 1.14 bits per heavy atom. The number of nitrogens with two attached hydrogens (primary N) is 1. The van der Waals surface area contributed by atoms with E-state index in [1.54, 1.807) is 10.9 Å². The van der Waals surface area contributed by atoms with Gasteiger partial charge >= 0.3 is 5.69 Å². The first-order chi connectivity index (χ1) is 14.0. The molecule has 0 spiro atoms. The molecule has 0 radical (unpaired) electrons. The number of nitrogen functional groups attached to an aromatic ring is 1. The average molecular weight is 400 g/mol. The van der Waals surface area contributed by atoms with Crippen LogP contribution in [-0.2, 0) is 11.3 Å². The van der Waals surface area contributed by atoms with Crippen molar-refractivity contribution in [3.8, 4) is 11.3 Å². The standard InChI is InChI=1S/C18H20N6O5/c19-16-11(12-8-23(22-21-12)6-10-4-2-1-3-5-10)7-24(18(28)20-16)17-15(27)14(26)13(9-25)29-17/h1-5,7-8,13-15,17,25-27H,6,9H2,(H2,19,20,28)/t13-,14?,15+,17-/m1/s1. The quantitative estimate of drug-likeness (QED) is 0.410. The smallest absolute Gasteiger partial charge is 0.351 e. The molecule has 1 aromatic carbocycles. The third-order valence-electron chi connectivity index (χ3n) is 4.77. The van der Waals surface area contributed by atoms with Crippen LogP contribution in [0.3, 0.4) is 0 Å². The van der Waals surface area contributed by atoms with Gasteiger partial charge in [0.15, 0.2) is 6.23 Å². The molecule has 0 amide bonds. The van der Waals surface area contributed by atoms with Crippen molar-refractivity contribution in [2.75, 3.05) is 12.3 Å². The first kappa shape index (κ1) is 19.2. The van der Waals surface area contributed by atoms with Crippen LogP contribution in [0.25, 0.3) is 11.3 Å². The van der Waals surface area contributed by atoms with Crippen molar-refractivity contribution in [1.29, 1.82) is 0 Å². The van der Waals surface area contributed by atoms with E-state index in [1.165, 1.54) is 6.20 Å². The molecule has 0 bridgehead atoms. The van der Waals surface area contributed by atoms with Gasteiger partial charge in [-0.2, -0.15) is 4.98 Å². The van der Waals surface area contributed by atoms with Crippen LogP contribution in [0.2, 0.25) is 0 Å². The summed E-state index contributed by atoms with van der Waals surface area (Å²) in [6, 6.07) is 9.68. The molecule has 29 heavy (non-hydrogen) atoms. The molecule has 4 atom stereocenters. The Morgan fingerprint density at radius 3 is 2.59 bits per heavy atom. The number of anilines is 1. The number of benzene rings is 1. The predicted octanol–water partition coefficient (Wildman–Crippen LogP) is -1.26. The minimum absolute atomic E-state index is 0.0512. The molecule has 1 aliphatic heterocycles. The van der Waals surface area contributed by atoms with Crippen LogP contribution in [0.15, 0.2) is 47.5 Å². The predicted molar refractivity (Wildman–Crippen MR) is 100 cm³/mol. The van der Waals surface area contributed by atoms with E-state index in [2.05, 4.69) is 15.3 Å². The Bertz CT molecular complexity index is 1050. The summed E-state index contributed by atoms with van der Waals surface area (Å²) in [5, 5.41) is 37.6. The van der Waals surface area contributed by atoms with Gasteiger partial charge in [-0.25, -0.2) is 9.48 Å². The Labute approximate surface area is 164 Å². The van der Waals surface area contributed by atoms with Crippen LogP contribution in [0.4, 0.5) is 5.82 Å². The zero-order valence-corrected chi connectivity index (χ0v) is 15.2. The zero-order chi connectivity index (χ0) is 20.5. The van der Waals surface area contributed by atoms with Gasteiger partial charge in [-0.15, -0.1) is 5.10 Å². The lowest BCUT2D eigenvalue weighted by Gasteiger charge is -2.18. The minimum atomic E-state index is -1.42. The molecule has 1 unspecified atom stereocenters. The van der Waals surface area contributed by atoms with Gasteiger partial charge in [0.2, 0.25) is 0 Å². The normalized spacial score (nSPS) is 24.1. The van der Waals surface area contributed by atoms with Gasteiger partial charge in [0.25, 0.3) is 0 Å². The van der Waals surface area contributed by atoms with Gasteiger partial charge in [-0.3, -0.25) is 4.57 Å². The number of ether oxygens (including phenoxy) is 1. The van der Waals surface area contributed by atoms with Crippen molar-refractivity contribution < 1.29 is 20.1 Å². The third-order valence-corrected chi connectivity index (χ3v) is 4.77. The first-order valence-corrected chi connectivity index (χ1v) is 8.93. The molecule has 3 heterocycles. The van der Waals surface area contributed by atoms with E-state index < -0.39 is 36.8 Å². The lowest BCUT2D eigenvalue weighted by atomic mass is 10.1. The molecule has 2 aromatic heterocycles. The first-order valence-electron chi connectivity index (χ1n) is 8.93. The second-order valence-electron chi connectivity index (χ2n) is 6.75. The summed E-state index contributed by atoms with van der Waals surface area (Å²) in [5.41, 5.74) is 6.87. The Kier molecular flexibility index (Phi) is 5.11. The SMILES string of the molecule is Nc1nc(=O)n([C@@H]2O[C@H](CO)C(O)[C@@H]2O)cc1-c1cn(Cc2ccccc2)nn1. The monoisotopic (exact) mass is 400 g/mol. The molecule has 152 valence electrons. The molecule has 5 N–H and O–H groups in total. The van der Waals surface area contributed by atoms with E-state index in [-0.39, 0.29) is 5.82 Å². The Balaban J connectivity index is 1.66. The fraction of sp³-hybridized carbons (Fsp3) is 0.333. The zero-order valence-electron chi connectivity index (χ0n) is 15.2. The molecule has 11 heteroatoms. The van der Waals surface area contributed by atoms with Crippen LogP contribution in [-0.4, -0.2) is 64.8 Å². The second-order valence-corrected chi connectivity index (χ2v) is 6.75. The van der Waals surface area contributed by atoms with Crippen molar-refractivity contribution >= 4 is 5.82 Å². The number of hydrogen-bond acceptors (Lipinski definition) is 9. The molecule has 1 saturated heterocycles. The summed E-state index contributed by atoms with van der Waals surface area (Å²) < 4.78 is 8.04. The minimum Gasteiger partial charge on any atom is -0.394 e. The van der Waals surface area contributed by atoms with Crippen LogP contribution in [0.5, 0.6) is 0 Å². The molecule has 3 aromatic rings.